The van der Waals surface area contributed by atoms with Gasteiger partial charge in [0.1, 0.15) is 18.3 Å². The van der Waals surface area contributed by atoms with Gasteiger partial charge in [-0.15, -0.1) is 0 Å². The van der Waals surface area contributed by atoms with Crippen molar-refractivity contribution in [2.45, 2.75) is 31.3 Å². The molecule has 0 saturated heterocycles. The first-order valence-electron chi connectivity index (χ1n) is 11.8. The van der Waals surface area contributed by atoms with Crippen molar-refractivity contribution in [2.24, 2.45) is 0 Å². The van der Waals surface area contributed by atoms with Gasteiger partial charge in [0.25, 0.3) is 10.0 Å². The molecule has 0 spiro atoms. The van der Waals surface area contributed by atoms with Crippen LogP contribution in [0.4, 0.5) is 5.69 Å². The van der Waals surface area contributed by atoms with Crippen LogP contribution in [0.5, 0.6) is 5.75 Å². The van der Waals surface area contributed by atoms with Crippen LogP contribution in [0.3, 0.4) is 0 Å². The summed E-state index contributed by atoms with van der Waals surface area (Å²) in [6, 6.07) is 18.4. The Morgan fingerprint density at radius 2 is 1.68 bits per heavy atom. The van der Waals surface area contributed by atoms with Gasteiger partial charge in [0, 0.05) is 13.1 Å². The number of anilines is 1. The minimum Gasteiger partial charge on any atom is -0.497 e. The summed E-state index contributed by atoms with van der Waals surface area (Å²) in [4.78, 5) is 27.9. The van der Waals surface area contributed by atoms with Gasteiger partial charge in [-0.25, -0.2) is 8.42 Å². The first kappa shape index (κ1) is 29.3. The summed E-state index contributed by atoms with van der Waals surface area (Å²) in [6.45, 7) is 3.15. The van der Waals surface area contributed by atoms with Gasteiger partial charge in [0.2, 0.25) is 11.8 Å². The Morgan fingerprint density at radius 1 is 1.00 bits per heavy atom. The summed E-state index contributed by atoms with van der Waals surface area (Å²) >= 11 is 12.6. The summed E-state index contributed by atoms with van der Waals surface area (Å²) in [7, 11) is -2.71. The lowest BCUT2D eigenvalue weighted by Crippen LogP contribution is -2.51. The maximum absolute atomic E-state index is 13.8. The fourth-order valence-electron chi connectivity index (χ4n) is 3.79. The van der Waals surface area contributed by atoms with E-state index in [0.29, 0.717) is 17.9 Å². The Labute approximate surface area is 233 Å². The monoisotopic (exact) mass is 577 g/mol. The number of benzene rings is 3. The first-order valence-corrected chi connectivity index (χ1v) is 14.0. The third kappa shape index (κ3) is 6.78. The molecule has 1 atom stereocenters. The number of amides is 2. The van der Waals surface area contributed by atoms with Gasteiger partial charge in [-0.1, -0.05) is 59.6 Å². The highest BCUT2D eigenvalue weighted by molar-refractivity contribution is 7.92. The smallest absolute Gasteiger partial charge is 0.264 e. The van der Waals surface area contributed by atoms with Gasteiger partial charge in [-0.3, -0.25) is 13.9 Å². The highest BCUT2D eigenvalue weighted by Crippen LogP contribution is 2.35. The number of likely N-dealkylation sites (N-methyl/N-ethyl adjacent to an activating group) is 1. The Morgan fingerprint density at radius 3 is 2.34 bits per heavy atom. The predicted molar refractivity (Wildman–Crippen MR) is 149 cm³/mol. The van der Waals surface area contributed by atoms with Gasteiger partial charge in [-0.2, -0.15) is 0 Å². The lowest BCUT2D eigenvalue weighted by Gasteiger charge is -2.32. The molecular weight excluding hydrogens is 549 g/mol. The number of methoxy groups -OCH3 is 1. The van der Waals surface area contributed by atoms with Gasteiger partial charge in [0.15, 0.2) is 0 Å². The summed E-state index contributed by atoms with van der Waals surface area (Å²) in [6.07, 6.45) is 0. The van der Waals surface area contributed by atoms with Crippen LogP contribution in [0, 0.1) is 0 Å². The van der Waals surface area contributed by atoms with E-state index in [4.69, 9.17) is 27.9 Å². The lowest BCUT2D eigenvalue weighted by atomic mass is 10.1. The van der Waals surface area contributed by atoms with Gasteiger partial charge >= 0.3 is 0 Å². The number of hydrogen-bond acceptors (Lipinski definition) is 5. The molecule has 0 heterocycles. The van der Waals surface area contributed by atoms with Gasteiger partial charge < -0.3 is 15.0 Å². The van der Waals surface area contributed by atoms with Crippen LogP contribution in [-0.4, -0.2) is 51.4 Å². The minimum atomic E-state index is -4.24. The van der Waals surface area contributed by atoms with Crippen LogP contribution in [0.15, 0.2) is 77.7 Å². The van der Waals surface area contributed by atoms with Crippen molar-refractivity contribution in [3.05, 3.63) is 88.4 Å². The Kier molecular flexibility index (Phi) is 10.0. The van der Waals surface area contributed by atoms with Crippen molar-refractivity contribution in [2.75, 3.05) is 24.5 Å². The zero-order valence-corrected chi connectivity index (χ0v) is 23.6. The van der Waals surface area contributed by atoms with E-state index in [1.807, 2.05) is 0 Å². The molecule has 202 valence electrons. The molecular formula is C27H29Cl2N3O5S. The quantitative estimate of drug-likeness (QED) is 0.354. The average molecular weight is 579 g/mol. The zero-order chi connectivity index (χ0) is 27.9. The van der Waals surface area contributed by atoms with Crippen LogP contribution < -0.4 is 14.4 Å². The second-order valence-corrected chi connectivity index (χ2v) is 11.0. The fourth-order valence-corrected chi connectivity index (χ4v) is 5.68. The van der Waals surface area contributed by atoms with E-state index in [2.05, 4.69) is 5.32 Å². The van der Waals surface area contributed by atoms with Crippen LogP contribution in [0.2, 0.25) is 10.0 Å². The number of hydrogen-bond donors (Lipinski definition) is 1. The predicted octanol–water partition coefficient (Wildman–Crippen LogP) is 4.75. The number of sulfonamides is 1. The number of nitrogens with one attached hydrogen (secondary N) is 1. The normalized spacial score (nSPS) is 11.9. The van der Waals surface area contributed by atoms with E-state index in [1.165, 1.54) is 36.3 Å². The molecule has 2 amide bonds. The summed E-state index contributed by atoms with van der Waals surface area (Å²) in [5.74, 6) is -0.399. The molecule has 0 radical (unpaired) electrons. The average Bonchev–Trinajstić information content (AvgIpc) is 2.92. The SMILES string of the molecule is CCNC(=O)C(C)N(Cc1cccc(OC)c1)C(=O)CN(c1cccc(Cl)c1Cl)S(=O)(=O)c1ccccc1. The second-order valence-electron chi connectivity index (χ2n) is 8.34. The molecule has 0 bridgehead atoms. The third-order valence-corrected chi connectivity index (χ3v) is 8.40. The zero-order valence-electron chi connectivity index (χ0n) is 21.2. The van der Waals surface area contributed by atoms with E-state index in [-0.39, 0.29) is 33.1 Å². The second kappa shape index (κ2) is 13.0. The highest BCUT2D eigenvalue weighted by Gasteiger charge is 2.33. The summed E-state index contributed by atoms with van der Waals surface area (Å²) in [5, 5.41) is 2.84. The van der Waals surface area contributed by atoms with Crippen LogP contribution in [-0.2, 0) is 26.2 Å². The molecule has 8 nitrogen and oxygen atoms in total. The maximum Gasteiger partial charge on any atom is 0.264 e. The molecule has 0 aliphatic heterocycles. The molecule has 1 unspecified atom stereocenters. The molecule has 3 rings (SSSR count). The number of ether oxygens (including phenoxy) is 1. The van der Waals surface area contributed by atoms with Gasteiger partial charge in [0.05, 0.1) is 27.7 Å². The molecule has 0 aliphatic carbocycles. The molecule has 0 saturated carbocycles. The summed E-state index contributed by atoms with van der Waals surface area (Å²) < 4.78 is 33.7. The first-order chi connectivity index (χ1) is 18.1. The maximum atomic E-state index is 13.8. The van der Waals surface area contributed by atoms with Crippen molar-refractivity contribution >= 4 is 50.7 Å². The van der Waals surface area contributed by atoms with Crippen LogP contribution >= 0.6 is 23.2 Å². The van der Waals surface area contributed by atoms with Crippen LogP contribution in [0.1, 0.15) is 19.4 Å². The van der Waals surface area contributed by atoms with Crippen molar-refractivity contribution in [1.82, 2.24) is 10.2 Å². The van der Waals surface area contributed by atoms with Gasteiger partial charge in [-0.05, 0) is 55.8 Å². The number of nitrogens with zero attached hydrogens (tertiary/aromatic N) is 2. The standard InChI is InChI=1S/C27H29Cl2N3O5S/c1-4-30-27(34)19(2)31(17-20-10-8-11-21(16-20)37-3)25(33)18-32(24-15-9-14-23(28)26(24)29)38(35,36)22-12-6-5-7-13-22/h5-16,19H,4,17-18H2,1-3H3,(H,30,34). The van der Waals surface area contributed by atoms with E-state index in [1.54, 1.807) is 62.4 Å². The van der Waals surface area contributed by atoms with E-state index in [0.717, 1.165) is 4.31 Å². The Bertz CT molecular complexity index is 1390. The Balaban J connectivity index is 2.07. The molecule has 0 fully saturated rings. The molecule has 0 aliphatic rings. The largest absolute Gasteiger partial charge is 0.497 e. The fraction of sp³-hybridized carbons (Fsp3) is 0.259. The molecule has 11 heteroatoms. The molecule has 0 aromatic heterocycles. The highest BCUT2D eigenvalue weighted by atomic mass is 35.5. The Hall–Kier alpha value is -3.27. The van der Waals surface area contributed by atoms with Crippen LogP contribution in [0.25, 0.3) is 0 Å². The minimum absolute atomic E-state index is 0.0161. The van der Waals surface area contributed by atoms with Crippen molar-refractivity contribution in [1.29, 1.82) is 0 Å². The van der Waals surface area contributed by atoms with E-state index >= 15 is 0 Å². The lowest BCUT2D eigenvalue weighted by molar-refractivity contribution is -0.139. The molecule has 1 N–H and O–H groups in total. The molecule has 3 aromatic rings. The molecule has 38 heavy (non-hydrogen) atoms. The summed E-state index contributed by atoms with van der Waals surface area (Å²) in [5.41, 5.74) is 0.746. The number of carbonyl (C=O) groups is 2. The number of carbonyl (C=O) groups excluding carboxylic acids is 2. The third-order valence-electron chi connectivity index (χ3n) is 5.82. The topological polar surface area (TPSA) is 96.0 Å². The van der Waals surface area contributed by atoms with Crippen molar-refractivity contribution < 1.29 is 22.7 Å². The van der Waals surface area contributed by atoms with E-state index < -0.39 is 28.5 Å². The number of rotatable bonds is 11. The van der Waals surface area contributed by atoms with Crippen molar-refractivity contribution in [3.8, 4) is 5.75 Å². The van der Waals surface area contributed by atoms with E-state index in [9.17, 15) is 18.0 Å². The van der Waals surface area contributed by atoms with Crippen molar-refractivity contribution in [3.63, 3.8) is 0 Å². The number of halogens is 2. The molecule has 3 aromatic carbocycles.